The van der Waals surface area contributed by atoms with E-state index in [1.165, 1.54) is 11.5 Å². The van der Waals surface area contributed by atoms with Crippen LogP contribution in [0.5, 0.6) is 0 Å². The molecule has 4 nitrogen and oxygen atoms in total. The Kier molecular flexibility index (Phi) is 6.30. The molecule has 0 unspecified atom stereocenters. The Morgan fingerprint density at radius 2 is 1.84 bits per heavy atom. The molecule has 1 heterocycles. The summed E-state index contributed by atoms with van der Waals surface area (Å²) in [5, 5.41) is 1.60. The minimum Gasteiger partial charge on any atom is -0.267 e. The number of benzene rings is 2. The van der Waals surface area contributed by atoms with E-state index in [0.717, 1.165) is 10.6 Å². The average Bonchev–Trinajstić information content (AvgIpc) is 2.93. The number of hydrogen-bond acceptors (Lipinski definition) is 4. The third-order valence-corrected chi connectivity index (χ3v) is 5.99. The van der Waals surface area contributed by atoms with Gasteiger partial charge in [-0.1, -0.05) is 34.8 Å². The lowest BCUT2D eigenvalue weighted by Gasteiger charge is -2.03. The fourth-order valence-electron chi connectivity index (χ4n) is 2.02. The monoisotopic (exact) mass is 431 g/mol. The Labute approximate surface area is 167 Å². The molecular formula is C16H12Cl3N3OS2. The highest BCUT2D eigenvalue weighted by Gasteiger charge is 2.04. The number of nitrogens with zero attached hydrogens (tertiary/aromatic N) is 2. The molecule has 0 saturated carbocycles. The van der Waals surface area contributed by atoms with E-state index >= 15 is 0 Å². The maximum atomic E-state index is 12.0. The minimum absolute atomic E-state index is 0.180. The number of H-pyrrole nitrogens is 1. The van der Waals surface area contributed by atoms with Crippen molar-refractivity contribution in [1.82, 2.24) is 8.94 Å². The third-order valence-electron chi connectivity index (χ3n) is 3.23. The zero-order chi connectivity index (χ0) is 17.8. The van der Waals surface area contributed by atoms with Gasteiger partial charge in [-0.25, -0.2) is 9.79 Å². The van der Waals surface area contributed by atoms with Gasteiger partial charge in [0.25, 0.3) is 0 Å². The second-order valence-corrected chi connectivity index (χ2v) is 8.15. The number of aromatic nitrogens is 2. The van der Waals surface area contributed by atoms with Gasteiger partial charge in [0.15, 0.2) is 0 Å². The zero-order valence-corrected chi connectivity index (χ0v) is 16.6. The predicted octanol–water partition coefficient (Wildman–Crippen LogP) is 5.22. The summed E-state index contributed by atoms with van der Waals surface area (Å²) in [6.45, 7) is 0.534. The summed E-state index contributed by atoms with van der Waals surface area (Å²) in [5.74, 6) is 0.732. The van der Waals surface area contributed by atoms with Gasteiger partial charge in [-0.3, -0.25) is 8.94 Å². The van der Waals surface area contributed by atoms with Crippen LogP contribution in [-0.4, -0.2) is 14.7 Å². The molecule has 0 fully saturated rings. The second kappa shape index (κ2) is 8.47. The smallest absolute Gasteiger partial charge is 0.267 e. The molecule has 0 bridgehead atoms. The van der Waals surface area contributed by atoms with Crippen molar-refractivity contribution in [3.05, 3.63) is 72.8 Å². The fraction of sp³-hybridized carbons (Fsp3) is 0.125. The van der Waals surface area contributed by atoms with Crippen LogP contribution in [0.4, 0.5) is 5.69 Å². The van der Waals surface area contributed by atoms with Crippen molar-refractivity contribution in [2.45, 2.75) is 11.4 Å². The van der Waals surface area contributed by atoms with Crippen LogP contribution in [-0.2, 0) is 6.54 Å². The van der Waals surface area contributed by atoms with Gasteiger partial charge >= 0.3 is 5.69 Å². The van der Waals surface area contributed by atoms with E-state index in [2.05, 4.69) is 9.37 Å². The summed E-state index contributed by atoms with van der Waals surface area (Å²) in [6, 6.07) is 12.7. The van der Waals surface area contributed by atoms with E-state index in [1.807, 2.05) is 24.3 Å². The quantitative estimate of drug-likeness (QED) is 0.562. The van der Waals surface area contributed by atoms with Gasteiger partial charge in [0, 0.05) is 22.2 Å². The molecule has 130 valence electrons. The van der Waals surface area contributed by atoms with Gasteiger partial charge in [0.1, 0.15) is 0 Å². The molecule has 25 heavy (non-hydrogen) atoms. The molecule has 0 aliphatic heterocycles. The van der Waals surface area contributed by atoms with E-state index in [-0.39, 0.29) is 5.69 Å². The van der Waals surface area contributed by atoms with E-state index in [4.69, 9.17) is 34.8 Å². The number of rotatable bonds is 5. The number of thioether (sulfide) groups is 1. The Morgan fingerprint density at radius 3 is 2.56 bits per heavy atom. The SMILES string of the molecule is O=c1[nH]s/c(=N\c2ccc(Cl)c(Cl)c2)n1CCSc1ccc(Cl)cc1. The highest BCUT2D eigenvalue weighted by atomic mass is 35.5. The lowest BCUT2D eigenvalue weighted by atomic mass is 10.3. The van der Waals surface area contributed by atoms with Gasteiger partial charge in [0.05, 0.1) is 15.7 Å². The summed E-state index contributed by atoms with van der Waals surface area (Å²) in [6.07, 6.45) is 0. The van der Waals surface area contributed by atoms with Gasteiger partial charge in [0.2, 0.25) is 4.80 Å². The van der Waals surface area contributed by atoms with Crippen LogP contribution >= 0.6 is 58.1 Å². The van der Waals surface area contributed by atoms with Gasteiger partial charge in [-0.05, 0) is 54.0 Å². The average molecular weight is 433 g/mol. The first kappa shape index (κ1) is 18.6. The Hall–Kier alpha value is -1.18. The number of halogens is 3. The molecule has 0 amide bonds. The summed E-state index contributed by atoms with van der Waals surface area (Å²) in [4.78, 5) is 18.2. The van der Waals surface area contributed by atoms with Crippen LogP contribution in [0.15, 0.2) is 57.1 Å². The van der Waals surface area contributed by atoms with Gasteiger partial charge in [-0.15, -0.1) is 11.8 Å². The van der Waals surface area contributed by atoms with E-state index < -0.39 is 0 Å². The van der Waals surface area contributed by atoms with Gasteiger partial charge in [-0.2, -0.15) is 0 Å². The van der Waals surface area contributed by atoms with Crippen LogP contribution < -0.4 is 10.5 Å². The van der Waals surface area contributed by atoms with E-state index in [9.17, 15) is 4.79 Å². The first-order valence-corrected chi connectivity index (χ1v) is 10.1. The molecule has 9 heteroatoms. The third kappa shape index (κ3) is 4.92. The molecule has 3 rings (SSSR count). The van der Waals surface area contributed by atoms with E-state index in [0.29, 0.717) is 32.1 Å². The Bertz CT molecular complexity index is 993. The van der Waals surface area contributed by atoms with Crippen molar-refractivity contribution in [2.24, 2.45) is 4.99 Å². The molecule has 0 saturated heterocycles. The number of hydrogen-bond donors (Lipinski definition) is 1. The van der Waals surface area contributed by atoms with Gasteiger partial charge < -0.3 is 0 Å². The van der Waals surface area contributed by atoms with Crippen molar-refractivity contribution in [2.75, 3.05) is 5.75 Å². The maximum absolute atomic E-state index is 12.0. The van der Waals surface area contributed by atoms with E-state index in [1.54, 1.807) is 34.5 Å². The molecule has 1 N–H and O–H groups in total. The minimum atomic E-state index is -0.180. The molecule has 3 aromatic rings. The summed E-state index contributed by atoms with van der Waals surface area (Å²) in [7, 11) is 0. The first-order chi connectivity index (χ1) is 12.0. The summed E-state index contributed by atoms with van der Waals surface area (Å²) in [5.41, 5.74) is 0.462. The largest absolute Gasteiger partial charge is 0.337 e. The molecule has 0 aliphatic rings. The van der Waals surface area contributed by atoms with Crippen LogP contribution in [0.25, 0.3) is 0 Å². The van der Waals surface area contributed by atoms with Crippen LogP contribution in [0.3, 0.4) is 0 Å². The predicted molar refractivity (Wildman–Crippen MR) is 107 cm³/mol. The van der Waals surface area contributed by atoms with Crippen molar-refractivity contribution >= 4 is 63.8 Å². The first-order valence-electron chi connectivity index (χ1n) is 7.19. The Balaban J connectivity index is 1.77. The summed E-state index contributed by atoms with van der Waals surface area (Å²) >= 11 is 20.6. The molecule has 1 aromatic heterocycles. The molecule has 0 aliphatic carbocycles. The Morgan fingerprint density at radius 1 is 1.08 bits per heavy atom. The van der Waals surface area contributed by atoms with Crippen molar-refractivity contribution in [3.63, 3.8) is 0 Å². The van der Waals surface area contributed by atoms with Crippen LogP contribution in [0.1, 0.15) is 0 Å². The number of nitrogens with one attached hydrogen (secondary N) is 1. The number of aromatic amines is 1. The molecule has 0 atom stereocenters. The molecule has 2 aromatic carbocycles. The topological polar surface area (TPSA) is 50.1 Å². The van der Waals surface area contributed by atoms with Crippen LogP contribution in [0, 0.1) is 0 Å². The highest BCUT2D eigenvalue weighted by Crippen LogP contribution is 2.26. The zero-order valence-electron chi connectivity index (χ0n) is 12.7. The van der Waals surface area contributed by atoms with Crippen molar-refractivity contribution in [3.8, 4) is 0 Å². The maximum Gasteiger partial charge on any atom is 0.337 e. The second-order valence-electron chi connectivity index (χ2n) is 4.96. The fourth-order valence-corrected chi connectivity index (χ4v) is 4.00. The normalized spacial score (nSPS) is 11.9. The standard InChI is InChI=1S/C16H12Cl3N3OS2/c17-10-1-4-12(5-2-10)24-8-7-22-15(23)21-25-16(22)20-11-3-6-13(18)14(19)9-11/h1-6,9H,7-8H2,(H,21,23)/b20-16-. The molecule has 0 radical (unpaired) electrons. The molecule has 0 spiro atoms. The van der Waals surface area contributed by atoms with Crippen molar-refractivity contribution in [1.29, 1.82) is 0 Å². The van der Waals surface area contributed by atoms with Crippen molar-refractivity contribution < 1.29 is 0 Å². The van der Waals surface area contributed by atoms with Crippen LogP contribution in [0.2, 0.25) is 15.1 Å². The lowest BCUT2D eigenvalue weighted by molar-refractivity contribution is 0.705. The molecular weight excluding hydrogens is 421 g/mol. The summed E-state index contributed by atoms with van der Waals surface area (Å²) < 4.78 is 4.32. The highest BCUT2D eigenvalue weighted by molar-refractivity contribution is 7.99. The lowest BCUT2D eigenvalue weighted by Crippen LogP contribution is -2.27.